The van der Waals surface area contributed by atoms with E-state index in [1.165, 1.54) is 0 Å². The SMILES string of the molecule is Cc1cc(C)cc(NC(=O)[C@H](C)Nc2nc(Nc3ccccc3)nc(Nc3ccccc3)n2)c1. The van der Waals surface area contributed by atoms with Crippen LogP contribution in [0.4, 0.5) is 34.9 Å². The van der Waals surface area contributed by atoms with Gasteiger partial charge in [-0.25, -0.2) is 0 Å². The summed E-state index contributed by atoms with van der Waals surface area (Å²) in [6, 6.07) is 24.6. The molecule has 172 valence electrons. The van der Waals surface area contributed by atoms with Gasteiger partial charge >= 0.3 is 0 Å². The second kappa shape index (κ2) is 10.4. The Morgan fingerprint density at radius 1 is 0.676 bits per heavy atom. The van der Waals surface area contributed by atoms with Crippen LogP contribution in [0.25, 0.3) is 0 Å². The molecule has 1 atom stereocenters. The number of hydrogen-bond donors (Lipinski definition) is 4. The summed E-state index contributed by atoms with van der Waals surface area (Å²) in [5, 5.41) is 12.4. The fraction of sp³-hybridized carbons (Fsp3) is 0.154. The second-order valence-electron chi connectivity index (χ2n) is 8.02. The number of amides is 1. The van der Waals surface area contributed by atoms with Gasteiger partial charge in [0.1, 0.15) is 6.04 Å². The number of rotatable bonds is 8. The van der Waals surface area contributed by atoms with E-state index in [4.69, 9.17) is 0 Å². The van der Waals surface area contributed by atoms with Crippen LogP contribution < -0.4 is 21.3 Å². The molecule has 0 fully saturated rings. The highest BCUT2D eigenvalue weighted by Gasteiger charge is 2.16. The lowest BCUT2D eigenvalue weighted by atomic mass is 10.1. The number of para-hydroxylation sites is 2. The van der Waals surface area contributed by atoms with Crippen molar-refractivity contribution in [2.24, 2.45) is 0 Å². The first kappa shape index (κ1) is 22.7. The Kier molecular flexibility index (Phi) is 6.98. The van der Waals surface area contributed by atoms with E-state index in [0.29, 0.717) is 11.9 Å². The summed E-state index contributed by atoms with van der Waals surface area (Å²) >= 11 is 0. The summed E-state index contributed by atoms with van der Waals surface area (Å²) in [4.78, 5) is 26.2. The van der Waals surface area contributed by atoms with E-state index >= 15 is 0 Å². The summed E-state index contributed by atoms with van der Waals surface area (Å²) in [5.41, 5.74) is 4.60. The maximum Gasteiger partial charge on any atom is 0.246 e. The molecule has 1 heterocycles. The molecule has 3 aromatic carbocycles. The molecule has 1 aromatic heterocycles. The van der Waals surface area contributed by atoms with Crippen LogP contribution in [0, 0.1) is 13.8 Å². The van der Waals surface area contributed by atoms with Crippen LogP contribution >= 0.6 is 0 Å². The van der Waals surface area contributed by atoms with Gasteiger partial charge in [-0.2, -0.15) is 15.0 Å². The van der Waals surface area contributed by atoms with Gasteiger partial charge in [0.15, 0.2) is 0 Å². The van der Waals surface area contributed by atoms with E-state index in [-0.39, 0.29) is 11.9 Å². The van der Waals surface area contributed by atoms with Crippen molar-refractivity contribution in [1.82, 2.24) is 15.0 Å². The molecule has 0 aliphatic carbocycles. The molecule has 0 unspecified atom stereocenters. The average molecular weight is 454 g/mol. The van der Waals surface area contributed by atoms with E-state index in [1.807, 2.05) is 86.6 Å². The van der Waals surface area contributed by atoms with Crippen LogP contribution in [0.15, 0.2) is 78.9 Å². The Morgan fingerprint density at radius 2 is 1.15 bits per heavy atom. The minimum absolute atomic E-state index is 0.194. The monoisotopic (exact) mass is 453 g/mol. The Bertz CT molecular complexity index is 1180. The van der Waals surface area contributed by atoms with Crippen molar-refractivity contribution in [3.63, 3.8) is 0 Å². The van der Waals surface area contributed by atoms with E-state index in [2.05, 4.69) is 42.3 Å². The number of aryl methyl sites for hydroxylation is 2. The molecule has 0 aliphatic heterocycles. The van der Waals surface area contributed by atoms with Gasteiger partial charge in [-0.05, 0) is 68.3 Å². The first-order valence-corrected chi connectivity index (χ1v) is 11.0. The highest BCUT2D eigenvalue weighted by Crippen LogP contribution is 2.19. The fourth-order valence-corrected chi connectivity index (χ4v) is 3.41. The molecule has 34 heavy (non-hydrogen) atoms. The molecule has 0 radical (unpaired) electrons. The number of benzene rings is 3. The van der Waals surface area contributed by atoms with E-state index in [0.717, 1.165) is 28.2 Å². The molecule has 1 amide bonds. The fourth-order valence-electron chi connectivity index (χ4n) is 3.41. The molecule has 8 heteroatoms. The number of nitrogens with zero attached hydrogens (tertiary/aromatic N) is 3. The summed E-state index contributed by atoms with van der Waals surface area (Å²) < 4.78 is 0. The van der Waals surface area contributed by atoms with Crippen molar-refractivity contribution >= 4 is 40.8 Å². The Morgan fingerprint density at radius 3 is 1.65 bits per heavy atom. The van der Waals surface area contributed by atoms with Crippen LogP contribution in [0.5, 0.6) is 0 Å². The molecular formula is C26H27N7O. The van der Waals surface area contributed by atoms with E-state index in [1.54, 1.807) is 6.92 Å². The van der Waals surface area contributed by atoms with Gasteiger partial charge in [-0.1, -0.05) is 42.5 Å². The molecular weight excluding hydrogens is 426 g/mol. The predicted molar refractivity (Wildman–Crippen MR) is 137 cm³/mol. The van der Waals surface area contributed by atoms with Gasteiger partial charge < -0.3 is 21.3 Å². The zero-order valence-corrected chi connectivity index (χ0v) is 19.3. The summed E-state index contributed by atoms with van der Waals surface area (Å²) in [6.45, 7) is 5.76. The Balaban J connectivity index is 1.54. The van der Waals surface area contributed by atoms with Gasteiger partial charge in [0.25, 0.3) is 0 Å². The molecule has 0 saturated carbocycles. The summed E-state index contributed by atoms with van der Waals surface area (Å²) in [7, 11) is 0. The van der Waals surface area contributed by atoms with Crippen molar-refractivity contribution < 1.29 is 4.79 Å². The molecule has 0 bridgehead atoms. The molecule has 4 N–H and O–H groups in total. The first-order valence-electron chi connectivity index (χ1n) is 11.0. The van der Waals surface area contributed by atoms with Crippen LogP contribution in [0.3, 0.4) is 0 Å². The molecule has 0 aliphatic rings. The smallest absolute Gasteiger partial charge is 0.246 e. The topological polar surface area (TPSA) is 104 Å². The van der Waals surface area contributed by atoms with Crippen molar-refractivity contribution in [1.29, 1.82) is 0 Å². The van der Waals surface area contributed by atoms with Crippen molar-refractivity contribution in [2.75, 3.05) is 21.3 Å². The summed E-state index contributed by atoms with van der Waals surface area (Å²) in [5.74, 6) is 0.781. The number of carbonyl (C=O) groups excluding carboxylic acids is 1. The lowest BCUT2D eigenvalue weighted by Crippen LogP contribution is -2.32. The number of carbonyl (C=O) groups is 1. The van der Waals surface area contributed by atoms with Crippen molar-refractivity contribution in [2.45, 2.75) is 26.8 Å². The molecule has 0 spiro atoms. The van der Waals surface area contributed by atoms with E-state index < -0.39 is 6.04 Å². The van der Waals surface area contributed by atoms with Gasteiger partial charge in [0.2, 0.25) is 23.8 Å². The second-order valence-corrected chi connectivity index (χ2v) is 8.02. The average Bonchev–Trinajstić information content (AvgIpc) is 2.79. The number of anilines is 6. The lowest BCUT2D eigenvalue weighted by molar-refractivity contribution is -0.116. The highest BCUT2D eigenvalue weighted by molar-refractivity contribution is 5.96. The number of hydrogen-bond acceptors (Lipinski definition) is 7. The van der Waals surface area contributed by atoms with Gasteiger partial charge in [0.05, 0.1) is 0 Å². The molecule has 4 aromatic rings. The molecule has 0 saturated heterocycles. The van der Waals surface area contributed by atoms with Crippen LogP contribution in [0.1, 0.15) is 18.1 Å². The van der Waals surface area contributed by atoms with Gasteiger partial charge in [-0.15, -0.1) is 0 Å². The third-order valence-electron chi connectivity index (χ3n) is 4.92. The van der Waals surface area contributed by atoms with Crippen molar-refractivity contribution in [3.8, 4) is 0 Å². The molecule has 8 nitrogen and oxygen atoms in total. The normalized spacial score (nSPS) is 11.4. The highest BCUT2D eigenvalue weighted by atomic mass is 16.2. The number of nitrogens with one attached hydrogen (secondary N) is 4. The van der Waals surface area contributed by atoms with Crippen molar-refractivity contribution in [3.05, 3.63) is 90.0 Å². The quantitative estimate of drug-likeness (QED) is 0.283. The first-order chi connectivity index (χ1) is 16.4. The maximum atomic E-state index is 12.8. The number of aromatic nitrogens is 3. The minimum atomic E-state index is -0.586. The van der Waals surface area contributed by atoms with Crippen LogP contribution in [-0.2, 0) is 4.79 Å². The Hall–Kier alpha value is -4.46. The minimum Gasteiger partial charge on any atom is -0.342 e. The third kappa shape index (κ3) is 6.29. The summed E-state index contributed by atoms with van der Waals surface area (Å²) in [6.07, 6.45) is 0. The Labute approximate surface area is 198 Å². The molecule has 4 rings (SSSR count). The largest absolute Gasteiger partial charge is 0.342 e. The predicted octanol–water partition coefficient (Wildman–Crippen LogP) is 5.41. The van der Waals surface area contributed by atoms with Gasteiger partial charge in [-0.3, -0.25) is 4.79 Å². The third-order valence-corrected chi connectivity index (χ3v) is 4.92. The van der Waals surface area contributed by atoms with Gasteiger partial charge in [0, 0.05) is 17.1 Å². The zero-order chi connectivity index (χ0) is 23.9. The van der Waals surface area contributed by atoms with E-state index in [9.17, 15) is 4.79 Å². The van der Waals surface area contributed by atoms with Crippen LogP contribution in [0.2, 0.25) is 0 Å². The lowest BCUT2D eigenvalue weighted by Gasteiger charge is -2.16. The maximum absolute atomic E-state index is 12.8. The standard InChI is InChI=1S/C26H27N7O/c1-17-14-18(2)16-22(15-17)28-23(34)19(3)27-24-31-25(29-20-10-6-4-7-11-20)33-26(32-24)30-21-12-8-5-9-13-21/h4-16,19H,1-3H3,(H,28,34)(H3,27,29,30,31,32,33)/t19-/m0/s1. The zero-order valence-electron chi connectivity index (χ0n) is 19.3. The van der Waals surface area contributed by atoms with Crippen LogP contribution in [-0.4, -0.2) is 26.9 Å².